The third-order valence-electron chi connectivity index (χ3n) is 2.95. The van der Waals surface area contributed by atoms with E-state index >= 15 is 0 Å². The van der Waals surface area contributed by atoms with Gasteiger partial charge in [-0.2, -0.15) is 0 Å². The largest absolute Gasteiger partial charge is 0.324 e. The van der Waals surface area contributed by atoms with Gasteiger partial charge in [0.15, 0.2) is 5.01 Å². The highest BCUT2D eigenvalue weighted by Gasteiger charge is 2.08. The van der Waals surface area contributed by atoms with E-state index in [1.165, 1.54) is 11.3 Å². The van der Waals surface area contributed by atoms with Crippen LogP contribution in [-0.4, -0.2) is 25.1 Å². The Hall–Kier alpha value is -2.80. The summed E-state index contributed by atoms with van der Waals surface area (Å²) in [4.78, 5) is 11.7. The van der Waals surface area contributed by atoms with Gasteiger partial charge in [0.2, 0.25) is 11.1 Å². The van der Waals surface area contributed by atoms with Crippen molar-refractivity contribution in [3.63, 3.8) is 0 Å². The quantitative estimate of drug-likeness (QED) is 0.606. The molecule has 1 aromatic carbocycles. The first-order valence-electron chi connectivity index (χ1n) is 6.34. The summed E-state index contributed by atoms with van der Waals surface area (Å²) in [6.07, 6.45) is 3.50. The Kier molecular flexibility index (Phi) is 2.82. The van der Waals surface area contributed by atoms with Crippen molar-refractivity contribution in [3.05, 3.63) is 48.8 Å². The molecule has 0 aliphatic heterocycles. The number of benzene rings is 1. The molecule has 102 valence electrons. The van der Waals surface area contributed by atoms with E-state index in [1.54, 1.807) is 12.4 Å². The Labute approximate surface area is 123 Å². The number of imidazole rings is 1. The zero-order chi connectivity index (χ0) is 14.1. The van der Waals surface area contributed by atoms with Crippen molar-refractivity contribution < 1.29 is 0 Å². The van der Waals surface area contributed by atoms with Crippen molar-refractivity contribution in [1.29, 1.82) is 0 Å². The molecule has 0 unspecified atom stereocenters. The molecule has 4 rings (SSSR count). The Bertz CT molecular complexity index is 850. The van der Waals surface area contributed by atoms with Crippen molar-refractivity contribution in [1.82, 2.24) is 25.1 Å². The first-order chi connectivity index (χ1) is 10.4. The van der Waals surface area contributed by atoms with Gasteiger partial charge < -0.3 is 10.3 Å². The summed E-state index contributed by atoms with van der Waals surface area (Å²) in [6, 6.07) is 11.7. The van der Waals surface area contributed by atoms with Crippen LogP contribution in [0.4, 0.5) is 11.1 Å². The third-order valence-corrected chi connectivity index (χ3v) is 3.84. The maximum absolute atomic E-state index is 4.45. The minimum atomic E-state index is 0.657. The number of hydrogen-bond acceptors (Lipinski definition) is 6. The van der Waals surface area contributed by atoms with Crippen LogP contribution in [-0.2, 0) is 0 Å². The molecule has 0 aliphatic carbocycles. The summed E-state index contributed by atoms with van der Waals surface area (Å²) in [5.41, 5.74) is 2.85. The molecule has 6 nitrogen and oxygen atoms in total. The average Bonchev–Trinajstić information content (AvgIpc) is 3.14. The summed E-state index contributed by atoms with van der Waals surface area (Å²) in [5, 5.41) is 12.9. The van der Waals surface area contributed by atoms with Gasteiger partial charge in [0.25, 0.3) is 0 Å². The molecule has 0 aliphatic rings. The van der Waals surface area contributed by atoms with Crippen molar-refractivity contribution >= 4 is 33.5 Å². The van der Waals surface area contributed by atoms with Gasteiger partial charge in [0, 0.05) is 18.0 Å². The zero-order valence-electron chi connectivity index (χ0n) is 10.8. The number of para-hydroxylation sites is 2. The van der Waals surface area contributed by atoms with Crippen LogP contribution in [0.1, 0.15) is 0 Å². The van der Waals surface area contributed by atoms with Crippen molar-refractivity contribution in [3.8, 4) is 10.6 Å². The van der Waals surface area contributed by atoms with Crippen LogP contribution in [0.5, 0.6) is 0 Å². The fraction of sp³-hybridized carbons (Fsp3) is 0. The number of aromatic nitrogens is 5. The van der Waals surface area contributed by atoms with E-state index in [2.05, 4.69) is 30.5 Å². The summed E-state index contributed by atoms with van der Waals surface area (Å²) in [7, 11) is 0. The van der Waals surface area contributed by atoms with E-state index in [4.69, 9.17) is 0 Å². The van der Waals surface area contributed by atoms with Gasteiger partial charge in [-0.15, -0.1) is 10.2 Å². The lowest BCUT2D eigenvalue weighted by Gasteiger charge is -1.94. The minimum absolute atomic E-state index is 0.657. The number of fused-ring (bicyclic) bond motifs is 1. The molecule has 0 saturated heterocycles. The maximum atomic E-state index is 4.45. The van der Waals surface area contributed by atoms with Crippen molar-refractivity contribution in [2.45, 2.75) is 0 Å². The Morgan fingerprint density at radius 2 is 2.00 bits per heavy atom. The monoisotopic (exact) mass is 294 g/mol. The second kappa shape index (κ2) is 4.95. The minimum Gasteiger partial charge on any atom is -0.324 e. The fourth-order valence-corrected chi connectivity index (χ4v) is 2.73. The van der Waals surface area contributed by atoms with Gasteiger partial charge in [-0.25, -0.2) is 4.98 Å². The lowest BCUT2D eigenvalue weighted by molar-refractivity contribution is 1.09. The lowest BCUT2D eigenvalue weighted by Crippen LogP contribution is -1.90. The van der Waals surface area contributed by atoms with Crippen molar-refractivity contribution in [2.24, 2.45) is 0 Å². The van der Waals surface area contributed by atoms with Gasteiger partial charge in [-0.05, 0) is 24.3 Å². The SMILES string of the molecule is c1cncc(-c2nnc(Nc3nc4ccccc4[nH]3)s2)c1. The number of H-pyrrole nitrogens is 1. The van der Waals surface area contributed by atoms with Crippen LogP contribution in [0.15, 0.2) is 48.8 Å². The predicted octanol–water partition coefficient (Wildman–Crippen LogP) is 3.22. The Morgan fingerprint density at radius 1 is 1.05 bits per heavy atom. The smallest absolute Gasteiger partial charge is 0.212 e. The number of hydrogen-bond donors (Lipinski definition) is 2. The van der Waals surface area contributed by atoms with Gasteiger partial charge >= 0.3 is 0 Å². The second-order valence-corrected chi connectivity index (χ2v) is 5.36. The van der Waals surface area contributed by atoms with E-state index in [0.717, 1.165) is 21.6 Å². The van der Waals surface area contributed by atoms with Gasteiger partial charge in [0.05, 0.1) is 11.0 Å². The zero-order valence-corrected chi connectivity index (χ0v) is 11.6. The van der Waals surface area contributed by atoms with E-state index in [0.29, 0.717) is 11.1 Å². The standard InChI is InChI=1S/C14H10N6S/c1-2-6-11-10(5-1)16-13(17-11)18-14-20-19-12(21-14)9-4-3-7-15-8-9/h1-8H,(H2,16,17,18,20). The van der Waals surface area contributed by atoms with Crippen LogP contribution < -0.4 is 5.32 Å². The van der Waals surface area contributed by atoms with E-state index in [1.807, 2.05) is 36.4 Å². The summed E-state index contributed by atoms with van der Waals surface area (Å²) < 4.78 is 0. The van der Waals surface area contributed by atoms with E-state index in [-0.39, 0.29) is 0 Å². The highest BCUT2D eigenvalue weighted by Crippen LogP contribution is 2.27. The average molecular weight is 294 g/mol. The lowest BCUT2D eigenvalue weighted by atomic mass is 10.3. The highest BCUT2D eigenvalue weighted by atomic mass is 32.1. The van der Waals surface area contributed by atoms with Crippen molar-refractivity contribution in [2.75, 3.05) is 5.32 Å². The number of pyridine rings is 1. The van der Waals surface area contributed by atoms with Gasteiger partial charge in [-0.3, -0.25) is 4.98 Å². The van der Waals surface area contributed by atoms with Crippen LogP contribution >= 0.6 is 11.3 Å². The third kappa shape index (κ3) is 2.34. The molecule has 0 fully saturated rings. The van der Waals surface area contributed by atoms with Crippen LogP contribution in [0.25, 0.3) is 21.6 Å². The molecule has 0 amide bonds. The summed E-state index contributed by atoms with van der Waals surface area (Å²) >= 11 is 1.46. The molecule has 3 heterocycles. The Balaban J connectivity index is 1.61. The number of nitrogens with one attached hydrogen (secondary N) is 2. The summed E-state index contributed by atoms with van der Waals surface area (Å²) in [5.74, 6) is 0.657. The topological polar surface area (TPSA) is 79.4 Å². The van der Waals surface area contributed by atoms with Gasteiger partial charge in [0.1, 0.15) is 0 Å². The number of nitrogens with zero attached hydrogens (tertiary/aromatic N) is 4. The molecular formula is C14H10N6S. The molecule has 2 N–H and O–H groups in total. The second-order valence-electron chi connectivity index (χ2n) is 4.38. The van der Waals surface area contributed by atoms with Crippen LogP contribution in [0.2, 0.25) is 0 Å². The number of aromatic amines is 1. The molecule has 0 spiro atoms. The molecule has 7 heteroatoms. The van der Waals surface area contributed by atoms with Crippen LogP contribution in [0.3, 0.4) is 0 Å². The number of rotatable bonds is 3. The molecule has 0 atom stereocenters. The van der Waals surface area contributed by atoms with Crippen LogP contribution in [0, 0.1) is 0 Å². The number of anilines is 2. The van der Waals surface area contributed by atoms with E-state index < -0.39 is 0 Å². The Morgan fingerprint density at radius 3 is 2.86 bits per heavy atom. The maximum Gasteiger partial charge on any atom is 0.212 e. The highest BCUT2D eigenvalue weighted by molar-refractivity contribution is 7.18. The normalized spacial score (nSPS) is 10.9. The first kappa shape index (κ1) is 12.0. The molecule has 0 radical (unpaired) electrons. The molecule has 0 bridgehead atoms. The molecule has 21 heavy (non-hydrogen) atoms. The molecule has 3 aromatic heterocycles. The molecule has 0 saturated carbocycles. The van der Waals surface area contributed by atoms with Gasteiger partial charge in [-0.1, -0.05) is 23.5 Å². The fourth-order valence-electron chi connectivity index (χ4n) is 1.99. The first-order valence-corrected chi connectivity index (χ1v) is 7.16. The summed E-state index contributed by atoms with van der Waals surface area (Å²) in [6.45, 7) is 0. The van der Waals surface area contributed by atoms with E-state index in [9.17, 15) is 0 Å². The molecular weight excluding hydrogens is 284 g/mol. The molecule has 4 aromatic rings. The predicted molar refractivity (Wildman–Crippen MR) is 82.5 cm³/mol.